The Labute approximate surface area is 53.2 Å². The minimum atomic E-state index is -4.15. The zero-order valence-electron chi connectivity index (χ0n) is 5.07. The van der Waals surface area contributed by atoms with E-state index in [2.05, 4.69) is 4.18 Å². The van der Waals surface area contributed by atoms with Gasteiger partial charge >= 0.3 is 10.3 Å². The number of rotatable bonds is 3. The topological polar surface area (TPSA) is 72.8 Å². The van der Waals surface area contributed by atoms with Crippen molar-refractivity contribution < 1.29 is 12.6 Å². The second-order valence-electron chi connectivity index (χ2n) is 1.65. The maximum Gasteiger partial charge on any atom is 0.415 e. The van der Waals surface area contributed by atoms with Gasteiger partial charge in [0, 0.05) is 0 Å². The summed E-state index contributed by atoms with van der Waals surface area (Å²) >= 11 is 0. The summed E-state index contributed by atoms with van der Waals surface area (Å²) in [6, 6.07) is 0. The van der Waals surface area contributed by atoms with E-state index < -0.39 is 16.4 Å². The van der Waals surface area contributed by atoms with Gasteiger partial charge in [-0.25, -0.2) is 4.18 Å². The number of nitroso groups, excluding NO2 is 1. The van der Waals surface area contributed by atoms with Crippen LogP contribution in [0.25, 0.3) is 0 Å². The maximum atomic E-state index is 10.1. The molecule has 0 heterocycles. The zero-order valence-corrected chi connectivity index (χ0v) is 5.88. The van der Waals surface area contributed by atoms with Crippen LogP contribution in [0.3, 0.4) is 0 Å². The fourth-order valence-corrected chi connectivity index (χ4v) is 0.782. The summed E-state index contributed by atoms with van der Waals surface area (Å²) in [5, 5.41) is 0. The van der Waals surface area contributed by atoms with Crippen molar-refractivity contribution in [2.24, 2.45) is 4.58 Å². The molecule has 0 amide bonds. The third-order valence-electron chi connectivity index (χ3n) is 0.405. The highest BCUT2D eigenvalue weighted by Crippen LogP contribution is 1.98. The molecule has 0 atom stereocenters. The Balaban J connectivity index is 4.05. The lowest BCUT2D eigenvalue weighted by molar-refractivity contribution is 0.249. The molecule has 5 nitrogen and oxygen atoms in total. The Morgan fingerprint density at radius 3 is 2.00 bits per heavy atom. The summed E-state index contributed by atoms with van der Waals surface area (Å²) in [6.45, 7) is 2.98. The first-order valence-electron chi connectivity index (χ1n) is 2.26. The molecule has 0 fully saturated rings. The molecule has 0 aromatic rings. The summed E-state index contributed by atoms with van der Waals surface area (Å²) in [5.74, 6) is 0. The average Bonchev–Trinajstić information content (AvgIpc) is 1.63. The van der Waals surface area contributed by atoms with Crippen LogP contribution in [0.5, 0.6) is 0 Å². The predicted molar refractivity (Wildman–Crippen MR) is 30.9 cm³/mol. The van der Waals surface area contributed by atoms with Gasteiger partial charge in [-0.15, -0.1) is 4.91 Å². The molecule has 54 valence electrons. The van der Waals surface area contributed by atoms with Crippen LogP contribution in [0.2, 0.25) is 0 Å². The molecule has 0 radical (unpaired) electrons. The van der Waals surface area contributed by atoms with Gasteiger partial charge in [0.1, 0.15) is 0 Å². The van der Waals surface area contributed by atoms with Crippen LogP contribution in [0, 0.1) is 4.91 Å². The third kappa shape index (κ3) is 4.04. The quantitative estimate of drug-likeness (QED) is 0.551. The second kappa shape index (κ2) is 2.88. The van der Waals surface area contributed by atoms with Gasteiger partial charge in [-0.05, 0) is 13.8 Å². The van der Waals surface area contributed by atoms with E-state index in [1.807, 2.05) is 0 Å². The lowest BCUT2D eigenvalue weighted by Gasteiger charge is -1.98. The molecular formula is C3H7NO4S. The van der Waals surface area contributed by atoms with Crippen LogP contribution in [-0.2, 0) is 14.5 Å². The fraction of sp³-hybridized carbons (Fsp3) is 1.00. The maximum absolute atomic E-state index is 10.1. The van der Waals surface area contributed by atoms with Gasteiger partial charge in [0.15, 0.2) is 0 Å². The minimum absolute atomic E-state index is 0.535. The van der Waals surface area contributed by atoms with Crippen molar-refractivity contribution in [1.29, 1.82) is 0 Å². The highest BCUT2D eigenvalue weighted by atomic mass is 32.2. The van der Waals surface area contributed by atoms with E-state index in [4.69, 9.17) is 0 Å². The Morgan fingerprint density at radius 2 is 1.89 bits per heavy atom. The van der Waals surface area contributed by atoms with Crippen molar-refractivity contribution in [3.05, 3.63) is 4.91 Å². The van der Waals surface area contributed by atoms with Crippen LogP contribution >= 0.6 is 0 Å². The molecule has 0 aromatic heterocycles. The van der Waals surface area contributed by atoms with Crippen LogP contribution in [0.4, 0.5) is 0 Å². The second-order valence-corrected chi connectivity index (χ2v) is 2.84. The Hall–Kier alpha value is -0.490. The molecule has 6 heteroatoms. The monoisotopic (exact) mass is 153 g/mol. The summed E-state index contributed by atoms with van der Waals surface area (Å²) in [5.41, 5.74) is 0. The summed E-state index contributed by atoms with van der Waals surface area (Å²) < 4.78 is 26.1. The van der Waals surface area contributed by atoms with Gasteiger partial charge < -0.3 is 0 Å². The average molecular weight is 153 g/mol. The molecule has 0 unspecified atom stereocenters. The zero-order chi connectivity index (χ0) is 7.49. The van der Waals surface area contributed by atoms with Crippen LogP contribution < -0.4 is 0 Å². The van der Waals surface area contributed by atoms with Crippen molar-refractivity contribution in [1.82, 2.24) is 0 Å². The summed E-state index contributed by atoms with van der Waals surface area (Å²) in [4.78, 5) is 9.40. The van der Waals surface area contributed by atoms with E-state index in [1.165, 1.54) is 13.8 Å². The van der Waals surface area contributed by atoms with E-state index in [0.717, 1.165) is 0 Å². The molecule has 0 aliphatic carbocycles. The molecular weight excluding hydrogens is 146 g/mol. The highest BCUT2D eigenvalue weighted by molar-refractivity contribution is 7.85. The van der Waals surface area contributed by atoms with Crippen LogP contribution in [0.1, 0.15) is 13.8 Å². The first kappa shape index (κ1) is 8.51. The Morgan fingerprint density at radius 1 is 1.44 bits per heavy atom. The van der Waals surface area contributed by atoms with E-state index in [1.54, 1.807) is 4.58 Å². The van der Waals surface area contributed by atoms with Crippen LogP contribution in [-0.4, -0.2) is 14.5 Å². The molecule has 0 bridgehead atoms. The van der Waals surface area contributed by atoms with Crippen LogP contribution in [0.15, 0.2) is 4.58 Å². The van der Waals surface area contributed by atoms with Gasteiger partial charge in [-0.2, -0.15) is 8.42 Å². The number of nitrogens with zero attached hydrogens (tertiary/aromatic N) is 1. The van der Waals surface area contributed by atoms with Gasteiger partial charge in [-0.3, -0.25) is 0 Å². The number of hydrogen-bond donors (Lipinski definition) is 0. The molecule has 0 spiro atoms. The molecule has 0 aliphatic rings. The highest BCUT2D eigenvalue weighted by Gasteiger charge is 2.11. The molecule has 0 N–H and O–H groups in total. The normalized spacial score (nSPS) is 11.9. The van der Waals surface area contributed by atoms with Crippen molar-refractivity contribution >= 4 is 10.3 Å². The minimum Gasteiger partial charge on any atom is -0.247 e. The Kier molecular flexibility index (Phi) is 2.72. The van der Waals surface area contributed by atoms with E-state index in [9.17, 15) is 13.3 Å². The molecule has 0 aliphatic heterocycles. The molecule has 0 saturated heterocycles. The number of hydrogen-bond acceptors (Lipinski definition) is 4. The lowest BCUT2D eigenvalue weighted by atomic mass is 10.5. The lowest BCUT2D eigenvalue weighted by Crippen LogP contribution is -2.08. The third-order valence-corrected chi connectivity index (χ3v) is 1.22. The largest absolute Gasteiger partial charge is 0.415 e. The van der Waals surface area contributed by atoms with Crippen molar-refractivity contribution in [3.8, 4) is 0 Å². The van der Waals surface area contributed by atoms with Gasteiger partial charge in [0.25, 0.3) is 0 Å². The molecule has 9 heavy (non-hydrogen) atoms. The first-order chi connectivity index (χ1) is 3.98. The molecule has 0 aromatic carbocycles. The van der Waals surface area contributed by atoms with E-state index in [-0.39, 0.29) is 0 Å². The van der Waals surface area contributed by atoms with Gasteiger partial charge in [-0.1, -0.05) is 0 Å². The fourth-order valence-electron chi connectivity index (χ4n) is 0.261. The Bertz CT molecular complexity index is 182. The molecule has 0 rings (SSSR count). The van der Waals surface area contributed by atoms with E-state index in [0.29, 0.717) is 0 Å². The summed E-state index contributed by atoms with van der Waals surface area (Å²) in [6.07, 6.45) is -0.535. The first-order valence-corrected chi connectivity index (χ1v) is 3.62. The van der Waals surface area contributed by atoms with Crippen molar-refractivity contribution in [2.75, 3.05) is 0 Å². The smallest absolute Gasteiger partial charge is 0.247 e. The van der Waals surface area contributed by atoms with Crippen molar-refractivity contribution in [3.63, 3.8) is 0 Å². The van der Waals surface area contributed by atoms with Crippen molar-refractivity contribution in [2.45, 2.75) is 20.0 Å². The molecule has 0 saturated carbocycles. The van der Waals surface area contributed by atoms with E-state index >= 15 is 0 Å². The van der Waals surface area contributed by atoms with Gasteiger partial charge in [0.2, 0.25) is 0 Å². The van der Waals surface area contributed by atoms with Gasteiger partial charge in [0.05, 0.1) is 10.7 Å². The summed E-state index contributed by atoms with van der Waals surface area (Å²) in [7, 11) is -4.15. The predicted octanol–water partition coefficient (Wildman–Crippen LogP) is 0.423. The standard InChI is InChI=1S/C3H7NO4S/c1-3(2)8-9(6,7)4-5/h3H,1-2H3. The SMILES string of the molecule is CC(C)OS(=O)(=O)N=O.